The highest BCUT2D eigenvalue weighted by Crippen LogP contribution is 2.46. The maximum atomic E-state index is 10.7. The molecule has 3 heterocycles. The van der Waals surface area contributed by atoms with Crippen molar-refractivity contribution in [2.24, 2.45) is 0 Å². The molecule has 0 bridgehead atoms. The first kappa shape index (κ1) is 6.46. The highest BCUT2D eigenvalue weighted by atomic mass is 16.5. The molecule has 0 fully saturated rings. The SMILES string of the molecule is O=C(O)C1=COC2c3n[nH]nc3N12. The van der Waals surface area contributed by atoms with Crippen LogP contribution in [-0.2, 0) is 9.53 Å². The van der Waals surface area contributed by atoms with Gasteiger partial charge in [0, 0.05) is 0 Å². The summed E-state index contributed by atoms with van der Waals surface area (Å²) in [6.07, 6.45) is 0.802. The van der Waals surface area contributed by atoms with E-state index in [2.05, 4.69) is 15.4 Å². The fourth-order valence-electron chi connectivity index (χ4n) is 1.45. The number of carboxylic acid groups (broad SMARTS) is 1. The molecular weight excluding hydrogens is 176 g/mol. The number of H-pyrrole nitrogens is 1. The standard InChI is InChI=1S/C6H4N4O3/c11-6(12)2-1-13-5-3-4(10(2)5)8-9-7-3/h1,5H,(H,11,12)(H,7,8,9). The Morgan fingerprint density at radius 2 is 2.54 bits per heavy atom. The topological polar surface area (TPSA) is 91.3 Å². The summed E-state index contributed by atoms with van der Waals surface area (Å²) >= 11 is 0. The number of hydrogen-bond donors (Lipinski definition) is 2. The van der Waals surface area contributed by atoms with E-state index in [1.807, 2.05) is 0 Å². The van der Waals surface area contributed by atoms with Gasteiger partial charge in [-0.3, -0.25) is 4.90 Å². The van der Waals surface area contributed by atoms with E-state index >= 15 is 0 Å². The minimum absolute atomic E-state index is 0.0893. The molecule has 0 saturated heterocycles. The van der Waals surface area contributed by atoms with E-state index in [1.54, 1.807) is 0 Å². The number of fused-ring (bicyclic) bond motifs is 4. The number of carboxylic acids is 1. The molecule has 2 aliphatic heterocycles. The normalized spacial score (nSPS) is 22.6. The van der Waals surface area contributed by atoms with Gasteiger partial charge in [0.25, 0.3) is 0 Å². The van der Waals surface area contributed by atoms with Gasteiger partial charge in [0.2, 0.25) is 6.23 Å². The van der Waals surface area contributed by atoms with Gasteiger partial charge in [-0.2, -0.15) is 10.3 Å². The van der Waals surface area contributed by atoms with Crippen molar-refractivity contribution < 1.29 is 14.6 Å². The van der Waals surface area contributed by atoms with Crippen LogP contribution in [0.3, 0.4) is 0 Å². The molecule has 2 aliphatic rings. The zero-order chi connectivity index (χ0) is 9.00. The Labute approximate surface area is 71.6 Å². The van der Waals surface area contributed by atoms with Crippen LogP contribution in [0.4, 0.5) is 5.82 Å². The highest BCUT2D eigenvalue weighted by Gasteiger charge is 2.48. The lowest BCUT2D eigenvalue weighted by Crippen LogP contribution is -2.36. The van der Waals surface area contributed by atoms with Crippen LogP contribution in [0.2, 0.25) is 0 Å². The van der Waals surface area contributed by atoms with Gasteiger partial charge < -0.3 is 9.84 Å². The number of aromatic nitrogens is 3. The molecule has 0 radical (unpaired) electrons. The van der Waals surface area contributed by atoms with Gasteiger partial charge >= 0.3 is 5.97 Å². The van der Waals surface area contributed by atoms with Crippen LogP contribution in [0.5, 0.6) is 0 Å². The monoisotopic (exact) mass is 180 g/mol. The van der Waals surface area contributed by atoms with Crippen LogP contribution in [0, 0.1) is 0 Å². The largest absolute Gasteiger partial charge is 0.476 e. The average molecular weight is 180 g/mol. The fourth-order valence-corrected chi connectivity index (χ4v) is 1.45. The molecule has 1 aromatic rings. The molecule has 1 atom stereocenters. The first-order chi connectivity index (χ1) is 6.29. The van der Waals surface area contributed by atoms with Crippen LogP contribution >= 0.6 is 0 Å². The summed E-state index contributed by atoms with van der Waals surface area (Å²) in [5.74, 6) is -0.507. The van der Waals surface area contributed by atoms with E-state index in [0.29, 0.717) is 11.5 Å². The molecule has 3 rings (SSSR count). The third-order valence-electron chi connectivity index (χ3n) is 2.04. The maximum Gasteiger partial charge on any atom is 0.355 e. The smallest absolute Gasteiger partial charge is 0.355 e. The van der Waals surface area contributed by atoms with Crippen molar-refractivity contribution in [3.05, 3.63) is 17.7 Å². The van der Waals surface area contributed by atoms with Gasteiger partial charge in [0.05, 0.1) is 0 Å². The van der Waals surface area contributed by atoms with Gasteiger partial charge in [-0.15, -0.1) is 5.10 Å². The van der Waals surface area contributed by atoms with Gasteiger partial charge in [-0.05, 0) is 0 Å². The molecule has 7 nitrogen and oxygen atoms in total. The Morgan fingerprint density at radius 1 is 1.69 bits per heavy atom. The molecule has 0 amide bonds. The summed E-state index contributed by atoms with van der Waals surface area (Å²) in [4.78, 5) is 12.1. The Bertz CT molecular complexity index is 423. The summed E-state index contributed by atoms with van der Waals surface area (Å²) < 4.78 is 5.07. The second-order valence-electron chi connectivity index (χ2n) is 2.70. The zero-order valence-electron chi connectivity index (χ0n) is 6.26. The Morgan fingerprint density at radius 3 is 3.31 bits per heavy atom. The summed E-state index contributed by atoms with van der Waals surface area (Å²) in [7, 11) is 0. The Kier molecular flexibility index (Phi) is 0.903. The first-order valence-electron chi connectivity index (χ1n) is 3.58. The van der Waals surface area contributed by atoms with Gasteiger partial charge in [-0.25, -0.2) is 4.79 Å². The van der Waals surface area contributed by atoms with E-state index in [0.717, 1.165) is 0 Å². The predicted molar refractivity (Wildman–Crippen MR) is 38.4 cm³/mol. The lowest BCUT2D eigenvalue weighted by atomic mass is 10.2. The molecule has 2 N–H and O–H groups in total. The number of ether oxygens (including phenoxy) is 1. The quantitative estimate of drug-likeness (QED) is 0.609. The molecule has 0 aromatic carbocycles. The lowest BCUT2D eigenvalue weighted by Gasteiger charge is -2.31. The van der Waals surface area contributed by atoms with Crippen molar-refractivity contribution in [1.82, 2.24) is 15.4 Å². The van der Waals surface area contributed by atoms with Crippen LogP contribution in [-0.4, -0.2) is 26.5 Å². The van der Waals surface area contributed by atoms with Crippen LogP contribution in [0.15, 0.2) is 12.0 Å². The van der Waals surface area contributed by atoms with E-state index in [9.17, 15) is 4.79 Å². The lowest BCUT2D eigenvalue weighted by molar-refractivity contribution is -0.132. The summed E-state index contributed by atoms with van der Waals surface area (Å²) in [6, 6.07) is 0. The number of rotatable bonds is 1. The number of hydrogen-bond acceptors (Lipinski definition) is 5. The fraction of sp³-hybridized carbons (Fsp3) is 0.167. The molecule has 7 heteroatoms. The number of nitrogens with one attached hydrogen (secondary N) is 1. The maximum absolute atomic E-state index is 10.7. The molecule has 1 aromatic heterocycles. The van der Waals surface area contributed by atoms with Crippen molar-refractivity contribution in [3.8, 4) is 0 Å². The van der Waals surface area contributed by atoms with E-state index in [1.165, 1.54) is 11.2 Å². The molecule has 13 heavy (non-hydrogen) atoms. The number of anilines is 1. The Hall–Kier alpha value is -2.05. The summed E-state index contributed by atoms with van der Waals surface area (Å²) in [5.41, 5.74) is 0.735. The van der Waals surface area contributed by atoms with Crippen molar-refractivity contribution in [2.45, 2.75) is 6.23 Å². The zero-order valence-corrected chi connectivity index (χ0v) is 6.26. The molecule has 0 spiro atoms. The number of aliphatic carboxylic acids is 1. The summed E-state index contributed by atoms with van der Waals surface area (Å²) in [6.45, 7) is 0. The van der Waals surface area contributed by atoms with Crippen LogP contribution < -0.4 is 4.90 Å². The number of nitrogens with zero attached hydrogens (tertiary/aromatic N) is 3. The molecule has 1 unspecified atom stereocenters. The average Bonchev–Trinajstić information content (AvgIpc) is 2.58. The van der Waals surface area contributed by atoms with Crippen molar-refractivity contribution in [2.75, 3.05) is 4.90 Å². The summed E-state index contributed by atoms with van der Waals surface area (Å²) in [5, 5.41) is 18.8. The van der Waals surface area contributed by atoms with E-state index < -0.39 is 12.2 Å². The first-order valence-corrected chi connectivity index (χ1v) is 3.58. The third-order valence-corrected chi connectivity index (χ3v) is 2.04. The molecule has 66 valence electrons. The molecule has 0 saturated carbocycles. The number of aromatic amines is 1. The Balaban J connectivity index is 2.06. The second-order valence-corrected chi connectivity index (χ2v) is 2.70. The van der Waals surface area contributed by atoms with Crippen LogP contribution in [0.1, 0.15) is 11.9 Å². The van der Waals surface area contributed by atoms with E-state index in [-0.39, 0.29) is 5.70 Å². The molecule has 0 aliphatic carbocycles. The third kappa shape index (κ3) is 0.579. The number of carbonyl (C=O) groups is 1. The predicted octanol–water partition coefficient (Wildman–Crippen LogP) is -0.421. The van der Waals surface area contributed by atoms with Crippen LogP contribution in [0.25, 0.3) is 0 Å². The minimum Gasteiger partial charge on any atom is -0.476 e. The van der Waals surface area contributed by atoms with Crippen molar-refractivity contribution in [1.29, 1.82) is 0 Å². The highest BCUT2D eigenvalue weighted by molar-refractivity contribution is 5.93. The molecular formula is C6H4N4O3. The van der Waals surface area contributed by atoms with Gasteiger partial charge in [0.15, 0.2) is 17.2 Å². The van der Waals surface area contributed by atoms with Crippen molar-refractivity contribution >= 4 is 11.8 Å². The second kappa shape index (κ2) is 1.82. The van der Waals surface area contributed by atoms with Gasteiger partial charge in [0.1, 0.15) is 6.26 Å². The van der Waals surface area contributed by atoms with E-state index in [4.69, 9.17) is 9.84 Å². The minimum atomic E-state index is -1.03. The van der Waals surface area contributed by atoms with Crippen molar-refractivity contribution in [3.63, 3.8) is 0 Å². The van der Waals surface area contributed by atoms with Gasteiger partial charge in [-0.1, -0.05) is 0 Å².